The van der Waals surface area contributed by atoms with Gasteiger partial charge in [-0.05, 0) is 36.0 Å². The predicted octanol–water partition coefficient (Wildman–Crippen LogP) is 4.58. The van der Waals surface area contributed by atoms with Crippen LogP contribution in [0.15, 0.2) is 116 Å². The number of benzene rings is 3. The lowest BCUT2D eigenvalue weighted by molar-refractivity contribution is -0.155. The van der Waals surface area contributed by atoms with Crippen molar-refractivity contribution in [3.8, 4) is 0 Å². The van der Waals surface area contributed by atoms with Crippen molar-refractivity contribution in [3.63, 3.8) is 0 Å². The molecular weight excluding hydrogens is 638 g/mol. The van der Waals surface area contributed by atoms with Crippen molar-refractivity contribution in [3.05, 3.63) is 133 Å². The molecule has 0 radical (unpaired) electrons. The Bertz CT molecular complexity index is 1500. The van der Waals surface area contributed by atoms with Gasteiger partial charge in [0.1, 0.15) is 18.8 Å². The largest absolute Gasteiger partial charge is 0.454 e. The molecular formula is C39H47N3O8. The fraction of sp³-hybridized carbons (Fsp3) is 0.333. The van der Waals surface area contributed by atoms with Gasteiger partial charge in [-0.15, -0.1) is 13.2 Å². The molecule has 3 aromatic carbocycles. The lowest BCUT2D eigenvalue weighted by atomic mass is 9.97. The van der Waals surface area contributed by atoms with Gasteiger partial charge in [-0.25, -0.2) is 9.59 Å². The number of allylic oxidation sites excluding steroid dienone is 1. The van der Waals surface area contributed by atoms with Crippen LogP contribution in [0.3, 0.4) is 0 Å². The van der Waals surface area contributed by atoms with Gasteiger partial charge in [-0.2, -0.15) is 0 Å². The Morgan fingerprint density at radius 1 is 0.800 bits per heavy atom. The van der Waals surface area contributed by atoms with Crippen LogP contribution in [0.4, 0.5) is 4.79 Å². The van der Waals surface area contributed by atoms with E-state index in [4.69, 9.17) is 14.2 Å². The van der Waals surface area contributed by atoms with Gasteiger partial charge in [-0.1, -0.05) is 103 Å². The van der Waals surface area contributed by atoms with Crippen molar-refractivity contribution in [2.75, 3.05) is 20.3 Å². The Labute approximate surface area is 293 Å². The minimum atomic E-state index is -1.13. The predicted molar refractivity (Wildman–Crippen MR) is 190 cm³/mol. The third kappa shape index (κ3) is 13.3. The third-order valence-corrected chi connectivity index (χ3v) is 7.77. The fourth-order valence-corrected chi connectivity index (χ4v) is 5.26. The highest BCUT2D eigenvalue weighted by atomic mass is 16.6. The number of aliphatic hydroxyl groups excluding tert-OH is 1. The van der Waals surface area contributed by atoms with Crippen LogP contribution >= 0.6 is 0 Å². The van der Waals surface area contributed by atoms with Gasteiger partial charge in [-0.3, -0.25) is 9.59 Å². The van der Waals surface area contributed by atoms with E-state index in [0.29, 0.717) is 12.0 Å². The summed E-state index contributed by atoms with van der Waals surface area (Å²) < 4.78 is 16.7. The lowest BCUT2D eigenvalue weighted by Gasteiger charge is -2.30. The number of carbonyl (C=O) groups excluding carboxylic acids is 4. The molecule has 3 aromatic rings. The topological polar surface area (TPSA) is 152 Å². The number of rotatable bonds is 21. The molecule has 0 aromatic heterocycles. The Kier molecular flexibility index (Phi) is 17.0. The maximum absolute atomic E-state index is 13.7. The molecule has 266 valence electrons. The van der Waals surface area contributed by atoms with Crippen LogP contribution in [-0.4, -0.2) is 67.4 Å². The zero-order chi connectivity index (χ0) is 36.1. The summed E-state index contributed by atoms with van der Waals surface area (Å²) in [5, 5.41) is 18.2. The van der Waals surface area contributed by atoms with E-state index in [1.807, 2.05) is 48.5 Å². The molecule has 0 saturated carbocycles. The van der Waals surface area contributed by atoms with E-state index in [9.17, 15) is 24.3 Å². The van der Waals surface area contributed by atoms with Gasteiger partial charge in [0.25, 0.3) is 0 Å². The van der Waals surface area contributed by atoms with E-state index in [1.54, 1.807) is 48.5 Å². The molecule has 5 atom stereocenters. The maximum Gasteiger partial charge on any atom is 0.408 e. The molecule has 0 aliphatic rings. The second kappa shape index (κ2) is 21.7. The lowest BCUT2D eigenvalue weighted by Crippen LogP contribution is -2.49. The molecule has 0 saturated heterocycles. The van der Waals surface area contributed by atoms with Crippen LogP contribution in [0.1, 0.15) is 42.1 Å². The van der Waals surface area contributed by atoms with Gasteiger partial charge in [0.2, 0.25) is 11.8 Å². The van der Waals surface area contributed by atoms with Crippen molar-refractivity contribution >= 4 is 23.9 Å². The number of ether oxygens (including phenoxy) is 3. The molecule has 3 amide bonds. The number of amides is 3. The van der Waals surface area contributed by atoms with Crippen LogP contribution in [0.2, 0.25) is 0 Å². The maximum atomic E-state index is 13.7. The van der Waals surface area contributed by atoms with Crippen molar-refractivity contribution < 1.29 is 38.5 Å². The van der Waals surface area contributed by atoms with Crippen molar-refractivity contribution in [1.29, 1.82) is 0 Å². The Morgan fingerprint density at radius 2 is 1.40 bits per heavy atom. The molecule has 4 N–H and O–H groups in total. The first-order valence-corrected chi connectivity index (χ1v) is 16.5. The molecule has 0 heterocycles. The van der Waals surface area contributed by atoms with Gasteiger partial charge >= 0.3 is 12.1 Å². The number of alkyl carbamates (subject to hydrolysis) is 1. The second-order valence-electron chi connectivity index (χ2n) is 11.7. The molecule has 11 nitrogen and oxygen atoms in total. The number of carbonyl (C=O) groups is 4. The molecule has 3 rings (SSSR count). The third-order valence-electron chi connectivity index (χ3n) is 7.77. The molecule has 11 heteroatoms. The Hall–Kier alpha value is -5.26. The molecule has 0 bridgehead atoms. The van der Waals surface area contributed by atoms with Crippen LogP contribution in [0.5, 0.6) is 0 Å². The highest BCUT2D eigenvalue weighted by Crippen LogP contribution is 2.24. The highest BCUT2D eigenvalue weighted by Gasteiger charge is 2.34. The van der Waals surface area contributed by atoms with E-state index in [2.05, 4.69) is 29.1 Å². The standard InChI is InChI=1S/C39H47N3O8/c1-4-15-31(24-35(44)40-32(25-43)23-28-17-9-6-10-18-28)37(45)41-34(27-48-3)36(30-21-13-8-14-22-30)50-38(46)33(16-5-2)42-39(47)49-26-29-19-11-7-12-20-29/h4-14,17-22,31-34,36,43H,1-2,15-16,23-27H2,3H3,(H,40,44)(H,41,45)(H,42,47)/t31-,32+,33-,34+,36+/m1/s1. The second-order valence-corrected chi connectivity index (χ2v) is 11.7. The minimum Gasteiger partial charge on any atom is -0.454 e. The molecule has 0 spiro atoms. The first kappa shape index (κ1) is 39.2. The van der Waals surface area contributed by atoms with Crippen LogP contribution in [-0.2, 0) is 41.6 Å². The van der Waals surface area contributed by atoms with Gasteiger partial charge in [0.05, 0.1) is 31.2 Å². The fourth-order valence-electron chi connectivity index (χ4n) is 5.26. The van der Waals surface area contributed by atoms with E-state index >= 15 is 0 Å². The summed E-state index contributed by atoms with van der Waals surface area (Å²) >= 11 is 0. The zero-order valence-electron chi connectivity index (χ0n) is 28.4. The van der Waals surface area contributed by atoms with Crippen LogP contribution < -0.4 is 16.0 Å². The molecule has 0 fully saturated rings. The van der Waals surface area contributed by atoms with E-state index < -0.39 is 54.0 Å². The quantitative estimate of drug-likeness (QED) is 0.0940. The summed E-state index contributed by atoms with van der Waals surface area (Å²) in [5.74, 6) is -2.48. The Balaban J connectivity index is 1.74. The monoisotopic (exact) mass is 685 g/mol. The summed E-state index contributed by atoms with van der Waals surface area (Å²) in [6, 6.07) is 24.8. The number of esters is 1. The van der Waals surface area contributed by atoms with E-state index in [0.717, 1.165) is 11.1 Å². The molecule has 0 aliphatic heterocycles. The Morgan fingerprint density at radius 3 is 1.98 bits per heavy atom. The van der Waals surface area contributed by atoms with Gasteiger partial charge in [0.15, 0.2) is 0 Å². The smallest absolute Gasteiger partial charge is 0.408 e. The summed E-state index contributed by atoms with van der Waals surface area (Å²) in [4.78, 5) is 53.0. The summed E-state index contributed by atoms with van der Waals surface area (Å²) in [6.45, 7) is 7.14. The van der Waals surface area contributed by atoms with Crippen LogP contribution in [0, 0.1) is 5.92 Å². The highest BCUT2D eigenvalue weighted by molar-refractivity contribution is 5.86. The zero-order valence-corrected chi connectivity index (χ0v) is 28.4. The van der Waals surface area contributed by atoms with E-state index in [-0.39, 0.29) is 39.1 Å². The van der Waals surface area contributed by atoms with Crippen molar-refractivity contribution in [2.45, 2.75) is 56.5 Å². The molecule has 50 heavy (non-hydrogen) atoms. The summed E-state index contributed by atoms with van der Waals surface area (Å²) in [6.07, 6.45) is 1.67. The summed E-state index contributed by atoms with van der Waals surface area (Å²) in [5.41, 5.74) is 2.29. The summed E-state index contributed by atoms with van der Waals surface area (Å²) in [7, 11) is 1.45. The number of aliphatic hydroxyl groups is 1. The van der Waals surface area contributed by atoms with Crippen molar-refractivity contribution in [1.82, 2.24) is 16.0 Å². The van der Waals surface area contributed by atoms with Crippen LogP contribution in [0.25, 0.3) is 0 Å². The molecule has 0 aliphatic carbocycles. The number of hydrogen-bond acceptors (Lipinski definition) is 8. The SMILES string of the molecule is C=CC[C@H](CC(=O)N[C@H](CO)Cc1ccccc1)C(=O)N[C@@H](COC)[C@@H](OC(=O)[C@@H](CC=C)NC(=O)OCc1ccccc1)c1ccccc1. The normalized spacial score (nSPS) is 13.7. The number of nitrogens with one attached hydrogen (secondary N) is 3. The first-order chi connectivity index (χ1) is 24.3. The average molecular weight is 686 g/mol. The molecule has 0 unspecified atom stereocenters. The van der Waals surface area contributed by atoms with Crippen molar-refractivity contribution in [2.24, 2.45) is 5.92 Å². The van der Waals surface area contributed by atoms with Gasteiger partial charge in [0, 0.05) is 13.5 Å². The average Bonchev–Trinajstić information content (AvgIpc) is 3.13. The van der Waals surface area contributed by atoms with Gasteiger partial charge < -0.3 is 35.3 Å². The number of hydrogen-bond donors (Lipinski definition) is 4. The number of methoxy groups -OCH3 is 1. The first-order valence-electron chi connectivity index (χ1n) is 16.5. The van der Waals surface area contributed by atoms with E-state index in [1.165, 1.54) is 13.2 Å². The minimum absolute atomic E-state index is 0.00863.